The fraction of sp³-hybridized carbons (Fsp3) is 0.259. The first-order valence-electron chi connectivity index (χ1n) is 10.3. The van der Waals surface area contributed by atoms with Gasteiger partial charge in [0, 0.05) is 11.8 Å². The van der Waals surface area contributed by atoms with Crippen molar-refractivity contribution < 1.29 is 14.9 Å². The molecule has 156 valence electrons. The molecule has 30 heavy (non-hydrogen) atoms. The molecule has 1 unspecified atom stereocenters. The molecule has 0 aliphatic rings. The van der Waals surface area contributed by atoms with E-state index in [1.807, 2.05) is 105 Å². The zero-order chi connectivity index (χ0) is 21.4. The van der Waals surface area contributed by atoms with E-state index in [0.29, 0.717) is 13.0 Å². The highest BCUT2D eigenvalue weighted by Gasteiger charge is 2.30. The second-order valence-corrected chi connectivity index (χ2v) is 8.04. The number of aliphatic hydroxyl groups excluding tert-OH is 2. The lowest BCUT2D eigenvalue weighted by Crippen LogP contribution is -2.26. The Morgan fingerprint density at radius 1 is 0.867 bits per heavy atom. The first-order valence-corrected chi connectivity index (χ1v) is 10.3. The minimum atomic E-state index is -0.641. The van der Waals surface area contributed by atoms with Gasteiger partial charge in [0.15, 0.2) is 0 Å². The SMILES string of the molecule is CC(C)(c1ccccc1)C(O)c1cccc(/C=C/[C@H](O)CCOc2ccccc2)c1. The number of para-hydroxylation sites is 1. The summed E-state index contributed by atoms with van der Waals surface area (Å²) < 4.78 is 5.63. The average molecular weight is 403 g/mol. The molecule has 3 heteroatoms. The zero-order valence-electron chi connectivity index (χ0n) is 17.6. The van der Waals surface area contributed by atoms with Crippen molar-refractivity contribution in [1.82, 2.24) is 0 Å². The summed E-state index contributed by atoms with van der Waals surface area (Å²) in [7, 11) is 0. The van der Waals surface area contributed by atoms with Crippen LogP contribution in [-0.4, -0.2) is 22.9 Å². The van der Waals surface area contributed by atoms with Crippen LogP contribution in [0.1, 0.15) is 43.1 Å². The second-order valence-electron chi connectivity index (χ2n) is 8.04. The number of rotatable bonds is 9. The standard InChI is InChI=1S/C27H30O3/c1-27(2,23-12-5-3-6-13-23)26(29)22-11-9-10-21(20-22)16-17-24(28)18-19-30-25-14-7-4-8-15-25/h3-17,20,24,26,28-29H,18-19H2,1-2H3/b17-16+/t24-,26?/m0/s1. The van der Waals surface area contributed by atoms with Gasteiger partial charge in [-0.25, -0.2) is 0 Å². The lowest BCUT2D eigenvalue weighted by molar-refractivity contribution is 0.100. The van der Waals surface area contributed by atoms with Crippen molar-refractivity contribution in [3.05, 3.63) is 108 Å². The molecule has 0 radical (unpaired) electrons. The molecule has 0 aliphatic carbocycles. The molecule has 0 bridgehead atoms. The van der Waals surface area contributed by atoms with Gasteiger partial charge in [-0.05, 0) is 34.9 Å². The van der Waals surface area contributed by atoms with E-state index in [1.165, 1.54) is 0 Å². The van der Waals surface area contributed by atoms with Crippen LogP contribution >= 0.6 is 0 Å². The summed E-state index contributed by atoms with van der Waals surface area (Å²) in [5, 5.41) is 21.3. The maximum absolute atomic E-state index is 11.0. The van der Waals surface area contributed by atoms with E-state index in [9.17, 15) is 10.2 Å². The van der Waals surface area contributed by atoms with Gasteiger partial charge in [-0.1, -0.05) is 92.7 Å². The third kappa shape index (κ3) is 5.82. The second kappa shape index (κ2) is 10.2. The quantitative estimate of drug-likeness (QED) is 0.494. The van der Waals surface area contributed by atoms with E-state index in [1.54, 1.807) is 6.08 Å². The van der Waals surface area contributed by atoms with E-state index in [2.05, 4.69) is 0 Å². The van der Waals surface area contributed by atoms with Crippen LogP contribution in [0.15, 0.2) is 91.0 Å². The van der Waals surface area contributed by atoms with Crippen molar-refractivity contribution in [3.8, 4) is 5.75 Å². The monoisotopic (exact) mass is 402 g/mol. The fourth-order valence-electron chi connectivity index (χ4n) is 3.41. The first kappa shape index (κ1) is 21.8. The van der Waals surface area contributed by atoms with Crippen molar-refractivity contribution in [2.75, 3.05) is 6.61 Å². The molecule has 0 fully saturated rings. The van der Waals surface area contributed by atoms with Crippen LogP contribution in [0.5, 0.6) is 5.75 Å². The Labute approximate surface area is 179 Å². The summed E-state index contributed by atoms with van der Waals surface area (Å²) in [6.45, 7) is 4.54. The molecule has 0 saturated carbocycles. The molecule has 0 aliphatic heterocycles. The highest BCUT2D eigenvalue weighted by Crippen LogP contribution is 2.37. The van der Waals surface area contributed by atoms with E-state index in [4.69, 9.17) is 4.74 Å². The van der Waals surface area contributed by atoms with Crippen LogP contribution in [0, 0.1) is 0 Å². The van der Waals surface area contributed by atoms with Crippen molar-refractivity contribution in [2.45, 2.75) is 37.9 Å². The van der Waals surface area contributed by atoms with Gasteiger partial charge < -0.3 is 14.9 Å². The lowest BCUT2D eigenvalue weighted by Gasteiger charge is -2.31. The van der Waals surface area contributed by atoms with Gasteiger partial charge in [0.05, 0.1) is 18.8 Å². The molecule has 0 spiro atoms. The molecule has 3 nitrogen and oxygen atoms in total. The molecule has 3 rings (SSSR count). The van der Waals surface area contributed by atoms with Crippen molar-refractivity contribution in [1.29, 1.82) is 0 Å². The predicted molar refractivity (Wildman–Crippen MR) is 122 cm³/mol. The highest BCUT2D eigenvalue weighted by atomic mass is 16.5. The smallest absolute Gasteiger partial charge is 0.119 e. The summed E-state index contributed by atoms with van der Waals surface area (Å²) in [6, 6.07) is 27.4. The molecule has 0 amide bonds. The fourth-order valence-corrected chi connectivity index (χ4v) is 3.41. The molecule has 0 heterocycles. The van der Waals surface area contributed by atoms with Crippen molar-refractivity contribution in [3.63, 3.8) is 0 Å². The van der Waals surface area contributed by atoms with E-state index in [-0.39, 0.29) is 0 Å². The van der Waals surface area contributed by atoms with Gasteiger partial charge in [-0.2, -0.15) is 0 Å². The molecule has 3 aromatic rings. The van der Waals surface area contributed by atoms with Crippen LogP contribution in [0.25, 0.3) is 6.08 Å². The van der Waals surface area contributed by atoms with Gasteiger partial charge in [0.25, 0.3) is 0 Å². The maximum Gasteiger partial charge on any atom is 0.119 e. The van der Waals surface area contributed by atoms with E-state index < -0.39 is 17.6 Å². The predicted octanol–water partition coefficient (Wildman–Crippen LogP) is 5.54. The summed E-state index contributed by atoms with van der Waals surface area (Å²) in [6.07, 6.45) is 2.93. The van der Waals surface area contributed by atoms with Crippen LogP contribution < -0.4 is 4.74 Å². The summed E-state index contributed by atoms with van der Waals surface area (Å²) in [5.41, 5.74) is 2.47. The summed E-state index contributed by atoms with van der Waals surface area (Å²) in [5.74, 6) is 0.802. The average Bonchev–Trinajstić information content (AvgIpc) is 2.78. The largest absolute Gasteiger partial charge is 0.493 e. The number of hydrogen-bond acceptors (Lipinski definition) is 3. The number of ether oxygens (including phenoxy) is 1. The molecular formula is C27H30O3. The van der Waals surface area contributed by atoms with Crippen LogP contribution in [-0.2, 0) is 5.41 Å². The van der Waals surface area contributed by atoms with Gasteiger partial charge in [0.2, 0.25) is 0 Å². The number of hydrogen-bond donors (Lipinski definition) is 2. The third-order valence-corrected chi connectivity index (χ3v) is 5.36. The Morgan fingerprint density at radius 3 is 2.23 bits per heavy atom. The van der Waals surface area contributed by atoms with Gasteiger partial charge in [-0.3, -0.25) is 0 Å². The molecule has 3 aromatic carbocycles. The van der Waals surface area contributed by atoms with Crippen molar-refractivity contribution >= 4 is 6.08 Å². The summed E-state index contributed by atoms with van der Waals surface area (Å²) >= 11 is 0. The van der Waals surface area contributed by atoms with E-state index in [0.717, 1.165) is 22.4 Å². The van der Waals surface area contributed by atoms with Gasteiger partial charge in [0.1, 0.15) is 5.75 Å². The Morgan fingerprint density at radius 2 is 1.53 bits per heavy atom. The van der Waals surface area contributed by atoms with Crippen LogP contribution in [0.3, 0.4) is 0 Å². The third-order valence-electron chi connectivity index (χ3n) is 5.36. The Bertz CT molecular complexity index is 933. The van der Waals surface area contributed by atoms with Gasteiger partial charge in [-0.15, -0.1) is 0 Å². The number of benzene rings is 3. The Kier molecular flexibility index (Phi) is 7.45. The van der Waals surface area contributed by atoms with Crippen LogP contribution in [0.2, 0.25) is 0 Å². The lowest BCUT2D eigenvalue weighted by atomic mass is 9.76. The normalized spacial score (nSPS) is 13.9. The Balaban J connectivity index is 1.60. The first-order chi connectivity index (χ1) is 14.5. The molecule has 0 aromatic heterocycles. The van der Waals surface area contributed by atoms with Crippen molar-refractivity contribution in [2.24, 2.45) is 0 Å². The topological polar surface area (TPSA) is 49.7 Å². The maximum atomic E-state index is 11.0. The highest BCUT2D eigenvalue weighted by molar-refractivity contribution is 5.51. The van der Waals surface area contributed by atoms with E-state index >= 15 is 0 Å². The Hall–Kier alpha value is -2.88. The molecule has 2 atom stereocenters. The minimum absolute atomic E-state index is 0.419. The zero-order valence-corrected chi connectivity index (χ0v) is 17.6. The molecule has 0 saturated heterocycles. The van der Waals surface area contributed by atoms with Crippen LogP contribution in [0.4, 0.5) is 0 Å². The summed E-state index contributed by atoms with van der Waals surface area (Å²) in [4.78, 5) is 0. The van der Waals surface area contributed by atoms with Gasteiger partial charge >= 0.3 is 0 Å². The molecular weight excluding hydrogens is 372 g/mol. The molecule has 2 N–H and O–H groups in total. The number of aliphatic hydroxyl groups is 2. The minimum Gasteiger partial charge on any atom is -0.493 e.